The van der Waals surface area contributed by atoms with E-state index >= 15 is 0 Å². The number of nitrogens with zero attached hydrogens (tertiary/aromatic N) is 2. The maximum atomic E-state index is 12.2. The summed E-state index contributed by atoms with van der Waals surface area (Å²) in [7, 11) is 1.78. The fourth-order valence-electron chi connectivity index (χ4n) is 3.90. The minimum Gasteiger partial charge on any atom is -0.381 e. The Kier molecular flexibility index (Phi) is 11.0. The Morgan fingerprint density at radius 3 is 2.71 bits per heavy atom. The zero-order valence-corrected chi connectivity index (χ0v) is 21.3. The third-order valence-corrected chi connectivity index (χ3v) is 5.66. The Bertz CT molecular complexity index is 723. The third kappa shape index (κ3) is 8.23. The van der Waals surface area contributed by atoms with Gasteiger partial charge in [-0.05, 0) is 30.4 Å². The van der Waals surface area contributed by atoms with Crippen LogP contribution in [0.5, 0.6) is 0 Å². The molecule has 0 aliphatic carbocycles. The van der Waals surface area contributed by atoms with E-state index in [9.17, 15) is 4.79 Å². The monoisotopic (exact) mass is 544 g/mol. The molecule has 0 bridgehead atoms. The van der Waals surface area contributed by atoms with Gasteiger partial charge in [0.1, 0.15) is 0 Å². The van der Waals surface area contributed by atoms with Gasteiger partial charge in [0.05, 0.1) is 12.7 Å². The van der Waals surface area contributed by atoms with E-state index in [0.29, 0.717) is 19.3 Å². The lowest BCUT2D eigenvalue weighted by Gasteiger charge is -2.22. The first kappa shape index (κ1) is 25.9. The highest BCUT2D eigenvalue weighted by molar-refractivity contribution is 14.0. The van der Waals surface area contributed by atoms with Gasteiger partial charge in [0.2, 0.25) is 5.91 Å². The molecular formula is C23H37IN4O3. The normalized spacial score (nSPS) is 19.9. The van der Waals surface area contributed by atoms with Crippen molar-refractivity contribution >= 4 is 35.8 Å². The van der Waals surface area contributed by atoms with Crippen molar-refractivity contribution in [3.05, 3.63) is 35.4 Å². The maximum Gasteiger partial charge on any atom is 0.225 e. The van der Waals surface area contributed by atoms with Gasteiger partial charge in [0.25, 0.3) is 0 Å². The van der Waals surface area contributed by atoms with Gasteiger partial charge in [-0.2, -0.15) is 0 Å². The van der Waals surface area contributed by atoms with E-state index in [1.807, 2.05) is 18.7 Å². The lowest BCUT2D eigenvalue weighted by Crippen LogP contribution is -2.45. The molecule has 2 saturated heterocycles. The van der Waals surface area contributed by atoms with Crippen LogP contribution in [0, 0.1) is 5.92 Å². The van der Waals surface area contributed by atoms with Crippen LogP contribution in [0.4, 0.5) is 0 Å². The minimum absolute atomic E-state index is 0. The topological polar surface area (TPSA) is 75.2 Å². The van der Waals surface area contributed by atoms with Crippen LogP contribution in [-0.2, 0) is 27.4 Å². The van der Waals surface area contributed by atoms with Crippen molar-refractivity contribution in [1.82, 2.24) is 15.5 Å². The van der Waals surface area contributed by atoms with Crippen LogP contribution in [0.1, 0.15) is 44.2 Å². The molecule has 2 heterocycles. The average molecular weight is 544 g/mol. The summed E-state index contributed by atoms with van der Waals surface area (Å²) in [6, 6.07) is 8.70. The zero-order valence-electron chi connectivity index (χ0n) is 18.9. The molecular weight excluding hydrogens is 507 g/mol. The second-order valence-corrected chi connectivity index (χ2v) is 8.44. The van der Waals surface area contributed by atoms with E-state index in [0.717, 1.165) is 51.5 Å². The lowest BCUT2D eigenvalue weighted by atomic mass is 10.1. The number of carbonyl (C=O) groups is 1. The molecule has 0 radical (unpaired) electrons. The maximum absolute atomic E-state index is 12.2. The van der Waals surface area contributed by atoms with Gasteiger partial charge in [-0.25, -0.2) is 0 Å². The summed E-state index contributed by atoms with van der Waals surface area (Å²) in [6.07, 6.45) is 3.20. The summed E-state index contributed by atoms with van der Waals surface area (Å²) in [5, 5.41) is 6.84. The second-order valence-electron chi connectivity index (χ2n) is 8.44. The van der Waals surface area contributed by atoms with Gasteiger partial charge in [-0.1, -0.05) is 38.1 Å². The average Bonchev–Trinajstić information content (AvgIpc) is 3.24. The number of likely N-dealkylation sites (tertiary alicyclic amines) is 1. The molecule has 1 atom stereocenters. The SMILES string of the molecule is CN=C(NCc1cccc(COC2CCOCC2)c1)NC1CCN(C(=O)C(C)C)C1.I. The molecule has 1 aromatic rings. The van der Waals surface area contributed by atoms with Gasteiger partial charge in [-0.3, -0.25) is 9.79 Å². The highest BCUT2D eigenvalue weighted by Gasteiger charge is 2.27. The van der Waals surface area contributed by atoms with Crippen molar-refractivity contribution in [3.63, 3.8) is 0 Å². The highest BCUT2D eigenvalue weighted by atomic mass is 127. The zero-order chi connectivity index (χ0) is 21.3. The Labute approximate surface area is 203 Å². The largest absolute Gasteiger partial charge is 0.381 e. The van der Waals surface area contributed by atoms with Crippen LogP contribution in [-0.4, -0.2) is 62.3 Å². The van der Waals surface area contributed by atoms with Crippen molar-refractivity contribution in [1.29, 1.82) is 0 Å². The van der Waals surface area contributed by atoms with Crippen LogP contribution in [0.25, 0.3) is 0 Å². The summed E-state index contributed by atoms with van der Waals surface area (Å²) < 4.78 is 11.4. The molecule has 3 rings (SSSR count). The number of amides is 1. The van der Waals surface area contributed by atoms with E-state index in [-0.39, 0.29) is 41.8 Å². The second kappa shape index (κ2) is 13.2. The molecule has 2 N–H and O–H groups in total. The number of halogens is 1. The van der Waals surface area contributed by atoms with Crippen LogP contribution < -0.4 is 10.6 Å². The van der Waals surface area contributed by atoms with E-state index in [2.05, 4.69) is 39.9 Å². The summed E-state index contributed by atoms with van der Waals surface area (Å²) in [5.41, 5.74) is 2.37. The van der Waals surface area contributed by atoms with Crippen LogP contribution in [0.3, 0.4) is 0 Å². The van der Waals surface area contributed by atoms with Crippen LogP contribution >= 0.6 is 24.0 Å². The number of guanidine groups is 1. The number of ether oxygens (including phenoxy) is 2. The minimum atomic E-state index is 0. The Morgan fingerprint density at radius 2 is 2.00 bits per heavy atom. The standard InChI is InChI=1S/C23H36N4O3.HI/c1-17(2)22(28)27-10-7-20(15-27)26-23(24-3)25-14-18-5-4-6-19(13-18)16-30-21-8-11-29-12-9-21;/h4-6,13,17,20-21H,7-12,14-16H2,1-3H3,(H2,24,25,26);1H. The quantitative estimate of drug-likeness (QED) is 0.314. The van der Waals surface area contributed by atoms with E-state index in [4.69, 9.17) is 9.47 Å². The summed E-state index contributed by atoms with van der Waals surface area (Å²) in [6.45, 7) is 8.35. The summed E-state index contributed by atoms with van der Waals surface area (Å²) >= 11 is 0. The summed E-state index contributed by atoms with van der Waals surface area (Å²) in [4.78, 5) is 18.5. The summed E-state index contributed by atoms with van der Waals surface area (Å²) in [5.74, 6) is 1.04. The molecule has 0 spiro atoms. The molecule has 31 heavy (non-hydrogen) atoms. The molecule has 8 heteroatoms. The Morgan fingerprint density at radius 1 is 1.26 bits per heavy atom. The molecule has 1 aromatic carbocycles. The molecule has 2 aliphatic heterocycles. The number of benzene rings is 1. The fourth-order valence-corrected chi connectivity index (χ4v) is 3.90. The molecule has 1 unspecified atom stereocenters. The first-order chi connectivity index (χ1) is 14.5. The van der Waals surface area contributed by atoms with Crippen molar-refractivity contribution in [3.8, 4) is 0 Å². The highest BCUT2D eigenvalue weighted by Crippen LogP contribution is 2.15. The van der Waals surface area contributed by atoms with E-state index in [1.54, 1.807) is 7.05 Å². The first-order valence-corrected chi connectivity index (χ1v) is 11.1. The van der Waals surface area contributed by atoms with Gasteiger partial charge in [-0.15, -0.1) is 24.0 Å². The van der Waals surface area contributed by atoms with Crippen molar-refractivity contribution < 1.29 is 14.3 Å². The molecule has 0 saturated carbocycles. The van der Waals surface area contributed by atoms with E-state index in [1.165, 1.54) is 11.1 Å². The third-order valence-electron chi connectivity index (χ3n) is 5.66. The van der Waals surface area contributed by atoms with Gasteiger partial charge >= 0.3 is 0 Å². The molecule has 174 valence electrons. The van der Waals surface area contributed by atoms with Crippen LogP contribution in [0.2, 0.25) is 0 Å². The predicted octanol–water partition coefficient (Wildman–Crippen LogP) is 2.92. The lowest BCUT2D eigenvalue weighted by molar-refractivity contribution is -0.133. The first-order valence-electron chi connectivity index (χ1n) is 11.1. The smallest absolute Gasteiger partial charge is 0.225 e. The molecule has 2 fully saturated rings. The number of nitrogens with one attached hydrogen (secondary N) is 2. The van der Waals surface area contributed by atoms with Crippen molar-refractivity contribution in [2.45, 2.75) is 58.4 Å². The number of rotatable bonds is 7. The van der Waals surface area contributed by atoms with Crippen molar-refractivity contribution in [2.75, 3.05) is 33.4 Å². The van der Waals surface area contributed by atoms with Crippen molar-refractivity contribution in [2.24, 2.45) is 10.9 Å². The van der Waals surface area contributed by atoms with Gasteiger partial charge in [0.15, 0.2) is 5.96 Å². The molecule has 0 aromatic heterocycles. The number of carbonyl (C=O) groups excluding carboxylic acids is 1. The van der Waals surface area contributed by atoms with Gasteiger partial charge in [0, 0.05) is 51.9 Å². The van der Waals surface area contributed by atoms with E-state index < -0.39 is 0 Å². The Balaban J connectivity index is 0.00000341. The molecule has 2 aliphatic rings. The number of hydrogen-bond donors (Lipinski definition) is 2. The fraction of sp³-hybridized carbons (Fsp3) is 0.652. The van der Waals surface area contributed by atoms with Gasteiger partial charge < -0.3 is 25.0 Å². The molecule has 1 amide bonds. The molecule has 7 nitrogen and oxygen atoms in total. The number of aliphatic imine (C=N–C) groups is 1. The predicted molar refractivity (Wildman–Crippen MR) is 134 cm³/mol. The van der Waals surface area contributed by atoms with Crippen LogP contribution in [0.15, 0.2) is 29.3 Å². The Hall–Kier alpha value is -1.39. The number of hydrogen-bond acceptors (Lipinski definition) is 4.